The van der Waals surface area contributed by atoms with Gasteiger partial charge >= 0.3 is 0 Å². The summed E-state index contributed by atoms with van der Waals surface area (Å²) < 4.78 is 0. The lowest BCUT2D eigenvalue weighted by Gasteiger charge is -2.40. The van der Waals surface area contributed by atoms with Crippen LogP contribution < -0.4 is 4.90 Å². The molecule has 0 spiro atoms. The molecule has 2 atom stereocenters. The van der Waals surface area contributed by atoms with Crippen LogP contribution in [0.1, 0.15) is 42.0 Å². The van der Waals surface area contributed by atoms with Gasteiger partial charge in [0.05, 0.1) is 12.5 Å². The number of aromatic nitrogens is 2. The summed E-state index contributed by atoms with van der Waals surface area (Å²) in [6, 6.07) is 7.75. The second-order valence-corrected chi connectivity index (χ2v) is 10.7. The zero-order valence-corrected chi connectivity index (χ0v) is 21.9. The van der Waals surface area contributed by atoms with Crippen LogP contribution in [0.15, 0.2) is 30.6 Å². The number of fused-ring (bicyclic) bond motifs is 1. The number of aliphatic hydroxyl groups excluding tert-OH is 1. The number of nitrogens with zero attached hydrogens (tertiary/aromatic N) is 6. The predicted octanol–water partition coefficient (Wildman–Crippen LogP) is 2.22. The van der Waals surface area contributed by atoms with Gasteiger partial charge < -0.3 is 14.9 Å². The molecule has 0 bridgehead atoms. The van der Waals surface area contributed by atoms with E-state index < -0.39 is 0 Å². The number of aryl methyl sites for hydroxylation is 1. The Bertz CT molecular complexity index is 1040. The minimum absolute atomic E-state index is 0.189. The number of benzene rings is 1. The molecule has 1 aromatic heterocycles. The summed E-state index contributed by atoms with van der Waals surface area (Å²) >= 11 is 6.16. The first-order valence-corrected chi connectivity index (χ1v) is 13.6. The van der Waals surface area contributed by atoms with E-state index in [-0.39, 0.29) is 18.4 Å². The third-order valence-electron chi connectivity index (χ3n) is 8.04. The van der Waals surface area contributed by atoms with Crippen LogP contribution >= 0.6 is 11.6 Å². The Hall–Kier alpha value is -2.26. The normalized spacial score (nSPS) is 22.0. The van der Waals surface area contributed by atoms with Crippen molar-refractivity contribution in [2.75, 3.05) is 77.0 Å². The van der Waals surface area contributed by atoms with E-state index >= 15 is 0 Å². The number of anilines is 1. The molecule has 36 heavy (non-hydrogen) atoms. The van der Waals surface area contributed by atoms with Gasteiger partial charge in [0.2, 0.25) is 5.91 Å². The van der Waals surface area contributed by atoms with Gasteiger partial charge in [-0.1, -0.05) is 30.7 Å². The molecule has 3 heterocycles. The molecule has 0 unspecified atom stereocenters. The first-order chi connectivity index (χ1) is 17.5. The number of carbonyl (C=O) groups excluding carboxylic acids is 1. The van der Waals surface area contributed by atoms with Gasteiger partial charge in [-0.3, -0.25) is 14.6 Å². The Morgan fingerprint density at radius 1 is 1.03 bits per heavy atom. The lowest BCUT2D eigenvalue weighted by Crippen LogP contribution is -2.53. The van der Waals surface area contributed by atoms with Crippen molar-refractivity contribution < 1.29 is 9.90 Å². The van der Waals surface area contributed by atoms with Gasteiger partial charge in [0.1, 0.15) is 12.1 Å². The SMILES string of the molecule is C[C@@H]1CCc2ncnc(N3CCN(C(=O)[C@@H](CN4CCN(CCO)CC4)c4ccc(Cl)cc4)CC3)c21. The first-order valence-electron chi connectivity index (χ1n) is 13.2. The number of carbonyl (C=O) groups is 1. The average Bonchev–Trinajstić information content (AvgIpc) is 3.30. The lowest BCUT2D eigenvalue weighted by atomic mass is 9.96. The van der Waals surface area contributed by atoms with Gasteiger partial charge in [-0.05, 0) is 36.5 Å². The fourth-order valence-electron chi connectivity index (χ4n) is 5.85. The third-order valence-corrected chi connectivity index (χ3v) is 8.29. The number of aliphatic hydroxyl groups is 1. The number of piperazine rings is 2. The molecule has 2 aromatic rings. The molecule has 5 rings (SSSR count). The Morgan fingerprint density at radius 2 is 1.72 bits per heavy atom. The molecule has 1 aliphatic carbocycles. The second-order valence-electron chi connectivity index (χ2n) is 10.3. The molecule has 194 valence electrons. The van der Waals surface area contributed by atoms with Crippen molar-refractivity contribution >= 4 is 23.3 Å². The molecule has 8 nitrogen and oxygen atoms in total. The van der Waals surface area contributed by atoms with Crippen molar-refractivity contribution in [2.24, 2.45) is 0 Å². The smallest absolute Gasteiger partial charge is 0.231 e. The number of halogens is 1. The van der Waals surface area contributed by atoms with Gasteiger partial charge in [0, 0.05) is 81.7 Å². The summed E-state index contributed by atoms with van der Waals surface area (Å²) in [5, 5.41) is 9.92. The highest BCUT2D eigenvalue weighted by molar-refractivity contribution is 6.30. The summed E-state index contributed by atoms with van der Waals surface area (Å²) in [7, 11) is 0. The van der Waals surface area contributed by atoms with Crippen LogP contribution in [0.3, 0.4) is 0 Å². The van der Waals surface area contributed by atoms with Crippen LogP contribution in [-0.2, 0) is 11.2 Å². The molecule has 9 heteroatoms. The van der Waals surface area contributed by atoms with E-state index in [1.165, 1.54) is 11.3 Å². The highest BCUT2D eigenvalue weighted by atomic mass is 35.5. The molecule has 2 aliphatic heterocycles. The summed E-state index contributed by atoms with van der Waals surface area (Å²) in [4.78, 5) is 32.1. The van der Waals surface area contributed by atoms with E-state index in [0.717, 1.165) is 63.5 Å². The van der Waals surface area contributed by atoms with Gasteiger partial charge in [-0.25, -0.2) is 9.97 Å². The zero-order valence-electron chi connectivity index (χ0n) is 21.2. The van der Waals surface area contributed by atoms with E-state index in [2.05, 4.69) is 31.6 Å². The van der Waals surface area contributed by atoms with Crippen molar-refractivity contribution in [2.45, 2.75) is 31.6 Å². The minimum Gasteiger partial charge on any atom is -0.395 e. The predicted molar refractivity (Wildman–Crippen MR) is 142 cm³/mol. The first kappa shape index (κ1) is 25.4. The molecule has 3 aliphatic rings. The topological polar surface area (TPSA) is 76.0 Å². The standard InChI is InChI=1S/C27H37ClN6O2/c1-20-2-7-24-25(20)26(30-19-29-24)33-12-14-34(15-13-33)27(36)23(21-3-5-22(28)6-4-21)18-32-10-8-31(9-11-32)16-17-35/h3-6,19-20,23,35H,2,7-18H2,1H3/t20-,23+/m1/s1. The quantitative estimate of drug-likeness (QED) is 0.609. The van der Waals surface area contributed by atoms with Gasteiger partial charge in [0.25, 0.3) is 0 Å². The molecular weight excluding hydrogens is 476 g/mol. The van der Waals surface area contributed by atoms with Crippen molar-refractivity contribution in [1.29, 1.82) is 0 Å². The van der Waals surface area contributed by atoms with Crippen LogP contribution in [0.2, 0.25) is 5.02 Å². The van der Waals surface area contributed by atoms with Crippen LogP contribution in [0.25, 0.3) is 0 Å². The van der Waals surface area contributed by atoms with Crippen LogP contribution in [0.5, 0.6) is 0 Å². The van der Waals surface area contributed by atoms with Crippen LogP contribution in [0.4, 0.5) is 5.82 Å². The van der Waals surface area contributed by atoms with Crippen molar-refractivity contribution in [1.82, 2.24) is 24.7 Å². The second kappa shape index (κ2) is 11.4. The maximum absolute atomic E-state index is 13.9. The van der Waals surface area contributed by atoms with E-state index in [0.29, 0.717) is 37.1 Å². The molecule has 2 saturated heterocycles. The largest absolute Gasteiger partial charge is 0.395 e. The molecule has 1 amide bonds. The maximum Gasteiger partial charge on any atom is 0.231 e. The summed E-state index contributed by atoms with van der Waals surface area (Å²) in [5.74, 6) is 1.52. The minimum atomic E-state index is -0.221. The van der Waals surface area contributed by atoms with Crippen molar-refractivity contribution in [3.05, 3.63) is 52.4 Å². The number of β-amino-alcohol motifs (C(OH)–C–C–N with tert-alkyl or cyclic N) is 1. The molecule has 1 N–H and O–H groups in total. The van der Waals surface area contributed by atoms with Gasteiger partial charge in [-0.15, -0.1) is 0 Å². The Morgan fingerprint density at radius 3 is 2.42 bits per heavy atom. The molecule has 0 radical (unpaired) electrons. The Balaban J connectivity index is 1.26. The highest BCUT2D eigenvalue weighted by Crippen LogP contribution is 2.37. The van der Waals surface area contributed by atoms with Crippen LogP contribution in [0, 0.1) is 0 Å². The summed E-state index contributed by atoms with van der Waals surface area (Å²) in [6.07, 6.45) is 3.86. The fourth-order valence-corrected chi connectivity index (χ4v) is 5.98. The van der Waals surface area contributed by atoms with E-state index in [9.17, 15) is 9.90 Å². The van der Waals surface area contributed by atoms with Crippen molar-refractivity contribution in [3.8, 4) is 0 Å². The van der Waals surface area contributed by atoms with Crippen molar-refractivity contribution in [3.63, 3.8) is 0 Å². The molecule has 0 saturated carbocycles. The maximum atomic E-state index is 13.9. The number of hydrogen-bond donors (Lipinski definition) is 1. The number of hydrogen-bond acceptors (Lipinski definition) is 7. The van der Waals surface area contributed by atoms with E-state index in [1.807, 2.05) is 29.2 Å². The van der Waals surface area contributed by atoms with Crippen LogP contribution in [-0.4, -0.2) is 108 Å². The van der Waals surface area contributed by atoms with Gasteiger partial charge in [-0.2, -0.15) is 0 Å². The van der Waals surface area contributed by atoms with E-state index in [1.54, 1.807) is 6.33 Å². The summed E-state index contributed by atoms with van der Waals surface area (Å²) in [6.45, 7) is 10.5. The fraction of sp³-hybridized carbons (Fsp3) is 0.593. The monoisotopic (exact) mass is 512 g/mol. The highest BCUT2D eigenvalue weighted by Gasteiger charge is 2.33. The number of rotatable bonds is 7. The van der Waals surface area contributed by atoms with Gasteiger partial charge in [0.15, 0.2) is 0 Å². The lowest BCUT2D eigenvalue weighted by molar-refractivity contribution is -0.133. The molecular formula is C27H37ClN6O2. The third kappa shape index (κ3) is 5.52. The number of amides is 1. The average molecular weight is 513 g/mol. The molecule has 1 aromatic carbocycles. The summed E-state index contributed by atoms with van der Waals surface area (Å²) in [5.41, 5.74) is 3.51. The Labute approximate surface area is 218 Å². The molecule has 2 fully saturated rings. The Kier molecular flexibility index (Phi) is 8.06. The van der Waals surface area contributed by atoms with E-state index in [4.69, 9.17) is 11.6 Å². The zero-order chi connectivity index (χ0) is 25.1.